The quantitative estimate of drug-likeness (QED) is 0.627. The molecule has 17 heavy (non-hydrogen) atoms. The van der Waals surface area contributed by atoms with Crippen molar-refractivity contribution in [2.75, 3.05) is 0 Å². The molecule has 3 nitrogen and oxygen atoms in total. The van der Waals surface area contributed by atoms with Crippen molar-refractivity contribution < 1.29 is 14.4 Å². The van der Waals surface area contributed by atoms with Crippen LogP contribution in [0.5, 0.6) is 5.75 Å². The second-order valence-corrected chi connectivity index (χ2v) is 6.58. The highest BCUT2D eigenvalue weighted by atomic mass is 127. The molecule has 1 aliphatic rings. The lowest BCUT2D eigenvalue weighted by Gasteiger charge is -2.32. The highest BCUT2D eigenvalue weighted by Gasteiger charge is 2.51. The molecule has 0 radical (unpaired) electrons. The second kappa shape index (κ2) is 4.14. The minimum Gasteiger partial charge on any atom is -0.508 e. The number of benzene rings is 1. The van der Waals surface area contributed by atoms with Crippen molar-refractivity contribution >= 4 is 35.2 Å². The normalized spacial score (nSPS) is 21.8. The number of phenols is 1. The summed E-state index contributed by atoms with van der Waals surface area (Å²) in [4.78, 5) is 0. The van der Waals surface area contributed by atoms with Crippen LogP contribution >= 0.6 is 22.6 Å². The third kappa shape index (κ3) is 2.46. The van der Waals surface area contributed by atoms with E-state index in [-0.39, 0.29) is 17.0 Å². The molecule has 1 aliphatic heterocycles. The van der Waals surface area contributed by atoms with Gasteiger partial charge in [0.1, 0.15) is 5.75 Å². The summed E-state index contributed by atoms with van der Waals surface area (Å²) in [6.45, 7) is 8.06. The van der Waals surface area contributed by atoms with Crippen LogP contribution in [0.2, 0.25) is 0 Å². The van der Waals surface area contributed by atoms with Gasteiger partial charge in [-0.05, 0) is 73.9 Å². The van der Waals surface area contributed by atoms with E-state index in [1.54, 1.807) is 12.1 Å². The van der Waals surface area contributed by atoms with Crippen LogP contribution in [0.15, 0.2) is 18.2 Å². The van der Waals surface area contributed by atoms with E-state index in [1.165, 1.54) is 0 Å². The van der Waals surface area contributed by atoms with Gasteiger partial charge in [-0.15, -0.1) is 0 Å². The van der Waals surface area contributed by atoms with Crippen LogP contribution in [0.1, 0.15) is 27.7 Å². The number of hydrogen-bond acceptors (Lipinski definition) is 3. The molecule has 1 N–H and O–H groups in total. The lowest BCUT2D eigenvalue weighted by molar-refractivity contribution is 0.00578. The zero-order valence-electron chi connectivity index (χ0n) is 10.5. The van der Waals surface area contributed by atoms with E-state index < -0.39 is 7.12 Å². The Labute approximate surface area is 116 Å². The van der Waals surface area contributed by atoms with Crippen molar-refractivity contribution in [3.8, 4) is 5.75 Å². The number of hydrogen-bond donors (Lipinski definition) is 1. The predicted octanol–water partition coefficient (Wildman–Crippen LogP) is 2.30. The van der Waals surface area contributed by atoms with Gasteiger partial charge in [-0.25, -0.2) is 0 Å². The first kappa shape index (κ1) is 13.2. The van der Waals surface area contributed by atoms with Gasteiger partial charge in [-0.2, -0.15) is 0 Å². The van der Waals surface area contributed by atoms with Gasteiger partial charge in [0, 0.05) is 3.57 Å². The topological polar surface area (TPSA) is 38.7 Å². The van der Waals surface area contributed by atoms with Gasteiger partial charge >= 0.3 is 7.12 Å². The van der Waals surface area contributed by atoms with Crippen molar-refractivity contribution in [2.24, 2.45) is 0 Å². The second-order valence-electron chi connectivity index (χ2n) is 5.33. The Bertz CT molecular complexity index is 409. The standard InChI is InChI=1S/C12H16BIO3/c1-11(2)12(3,4)17-13(16-11)8-5-9(14)7-10(15)6-8/h5-7,15H,1-4H3. The zero-order valence-corrected chi connectivity index (χ0v) is 12.6. The van der Waals surface area contributed by atoms with Crippen molar-refractivity contribution in [1.82, 2.24) is 0 Å². The van der Waals surface area contributed by atoms with Gasteiger partial charge in [0.2, 0.25) is 0 Å². The highest BCUT2D eigenvalue weighted by molar-refractivity contribution is 14.1. The SMILES string of the molecule is CC1(C)OB(c2cc(O)cc(I)c2)OC1(C)C. The molecule has 1 fully saturated rings. The van der Waals surface area contributed by atoms with E-state index in [0.717, 1.165) is 9.03 Å². The molecule has 0 aliphatic carbocycles. The molecule has 0 atom stereocenters. The Hall–Kier alpha value is -0.265. The van der Waals surface area contributed by atoms with Gasteiger partial charge in [-0.3, -0.25) is 0 Å². The fourth-order valence-electron chi connectivity index (χ4n) is 1.71. The molecule has 0 aromatic heterocycles. The van der Waals surface area contributed by atoms with Crippen LogP contribution in [0, 0.1) is 3.57 Å². The fraction of sp³-hybridized carbons (Fsp3) is 0.500. The lowest BCUT2D eigenvalue weighted by Crippen LogP contribution is -2.41. The highest BCUT2D eigenvalue weighted by Crippen LogP contribution is 2.36. The Morgan fingerprint density at radius 3 is 2.06 bits per heavy atom. The first-order valence-corrected chi connectivity index (χ1v) is 6.64. The minimum absolute atomic E-state index is 0.238. The number of phenolic OH excluding ortho intramolecular Hbond substituents is 1. The molecule has 1 saturated heterocycles. The maximum Gasteiger partial charge on any atom is 0.495 e. The third-order valence-corrected chi connectivity index (χ3v) is 4.05. The monoisotopic (exact) mass is 346 g/mol. The summed E-state index contributed by atoms with van der Waals surface area (Å²) >= 11 is 2.16. The smallest absolute Gasteiger partial charge is 0.495 e. The van der Waals surface area contributed by atoms with E-state index in [9.17, 15) is 5.11 Å². The van der Waals surface area contributed by atoms with Crippen molar-refractivity contribution in [1.29, 1.82) is 0 Å². The summed E-state index contributed by atoms with van der Waals surface area (Å²) < 4.78 is 12.8. The Balaban J connectivity index is 2.32. The molecule has 1 aromatic carbocycles. The third-order valence-electron chi connectivity index (χ3n) is 3.43. The van der Waals surface area contributed by atoms with E-state index in [1.807, 2.05) is 33.8 Å². The van der Waals surface area contributed by atoms with Crippen molar-refractivity contribution in [2.45, 2.75) is 38.9 Å². The van der Waals surface area contributed by atoms with E-state index in [4.69, 9.17) is 9.31 Å². The molecule has 0 saturated carbocycles. The summed E-state index contributed by atoms with van der Waals surface area (Å²) in [6.07, 6.45) is 0. The first-order valence-electron chi connectivity index (χ1n) is 5.56. The zero-order chi connectivity index (χ0) is 12.8. The molecule has 0 unspecified atom stereocenters. The van der Waals surface area contributed by atoms with Crippen LogP contribution in [0.4, 0.5) is 0 Å². The van der Waals surface area contributed by atoms with Gasteiger partial charge in [-0.1, -0.05) is 0 Å². The number of rotatable bonds is 1. The van der Waals surface area contributed by atoms with E-state index >= 15 is 0 Å². The first-order chi connectivity index (χ1) is 7.71. The summed E-state index contributed by atoms with van der Waals surface area (Å²) in [5.74, 6) is 0.238. The fourth-order valence-corrected chi connectivity index (χ4v) is 2.39. The molecular weight excluding hydrogens is 330 g/mol. The summed E-state index contributed by atoms with van der Waals surface area (Å²) in [5, 5.41) is 9.60. The minimum atomic E-state index is -0.416. The van der Waals surface area contributed by atoms with E-state index in [2.05, 4.69) is 22.6 Å². The Kier molecular flexibility index (Phi) is 3.21. The van der Waals surface area contributed by atoms with Crippen molar-refractivity contribution in [3.05, 3.63) is 21.8 Å². The summed E-state index contributed by atoms with van der Waals surface area (Å²) in [5.41, 5.74) is 0.149. The molecule has 0 amide bonds. The molecule has 0 spiro atoms. The molecular formula is C12H16BIO3. The number of aromatic hydroxyl groups is 1. The Morgan fingerprint density at radius 2 is 1.59 bits per heavy atom. The molecule has 1 aromatic rings. The lowest BCUT2D eigenvalue weighted by atomic mass is 9.79. The van der Waals surface area contributed by atoms with Crippen LogP contribution in [0.3, 0.4) is 0 Å². The number of halogens is 1. The molecule has 92 valence electrons. The van der Waals surface area contributed by atoms with Crippen LogP contribution < -0.4 is 5.46 Å². The summed E-state index contributed by atoms with van der Waals surface area (Å²) in [7, 11) is -0.416. The average Bonchev–Trinajstić information content (AvgIpc) is 2.34. The van der Waals surface area contributed by atoms with Gasteiger partial charge < -0.3 is 14.4 Å². The van der Waals surface area contributed by atoms with Crippen molar-refractivity contribution in [3.63, 3.8) is 0 Å². The van der Waals surface area contributed by atoms with Gasteiger partial charge in [0.15, 0.2) is 0 Å². The van der Waals surface area contributed by atoms with Crippen LogP contribution in [-0.2, 0) is 9.31 Å². The molecule has 0 bridgehead atoms. The maximum atomic E-state index is 9.60. The average molecular weight is 346 g/mol. The molecule has 1 heterocycles. The predicted molar refractivity (Wildman–Crippen MR) is 76.5 cm³/mol. The largest absolute Gasteiger partial charge is 0.508 e. The molecule has 5 heteroatoms. The van der Waals surface area contributed by atoms with E-state index in [0.29, 0.717) is 0 Å². The van der Waals surface area contributed by atoms with Gasteiger partial charge in [0.25, 0.3) is 0 Å². The molecule has 2 rings (SSSR count). The van der Waals surface area contributed by atoms with Crippen LogP contribution in [0.25, 0.3) is 0 Å². The summed E-state index contributed by atoms with van der Waals surface area (Å²) in [6, 6.07) is 5.35. The maximum absolute atomic E-state index is 9.60. The Morgan fingerprint density at radius 1 is 1.06 bits per heavy atom. The van der Waals surface area contributed by atoms with Gasteiger partial charge in [0.05, 0.1) is 11.2 Å². The van der Waals surface area contributed by atoms with Crippen LogP contribution in [-0.4, -0.2) is 23.4 Å².